The van der Waals surface area contributed by atoms with Crippen molar-refractivity contribution in [2.75, 3.05) is 10.6 Å². The van der Waals surface area contributed by atoms with Gasteiger partial charge in [-0.25, -0.2) is 0 Å². The lowest BCUT2D eigenvalue weighted by Crippen LogP contribution is -2.33. The summed E-state index contributed by atoms with van der Waals surface area (Å²) in [6, 6.07) is 62.9. The van der Waals surface area contributed by atoms with Crippen LogP contribution >= 0.6 is 0 Å². The summed E-state index contributed by atoms with van der Waals surface area (Å²) in [5.74, 6) is 0. The first kappa shape index (κ1) is 32.8. The van der Waals surface area contributed by atoms with Crippen LogP contribution in [0.1, 0.15) is 24.5 Å². The zero-order chi connectivity index (χ0) is 35.3. The van der Waals surface area contributed by atoms with Crippen LogP contribution < -0.4 is 10.6 Å². The van der Waals surface area contributed by atoms with Gasteiger partial charge in [0.05, 0.1) is 5.54 Å². The Morgan fingerprint density at radius 2 is 1.02 bits per heavy atom. The number of hydrogen-bond donors (Lipinski definition) is 2. The fourth-order valence-electron chi connectivity index (χ4n) is 7.07. The highest BCUT2D eigenvalue weighted by atomic mass is 15.0. The van der Waals surface area contributed by atoms with Crippen molar-refractivity contribution < 1.29 is 0 Å². The molecule has 7 aromatic carbocycles. The second-order valence-electron chi connectivity index (χ2n) is 13.9. The van der Waals surface area contributed by atoms with Crippen LogP contribution in [0, 0.1) is 6.92 Å². The Morgan fingerprint density at radius 3 is 1.71 bits per heavy atom. The minimum absolute atomic E-state index is 0.199. The smallest absolute Gasteiger partial charge is 0.0566 e. The largest absolute Gasteiger partial charge is 0.376 e. The van der Waals surface area contributed by atoms with Crippen molar-refractivity contribution >= 4 is 22.6 Å². The summed E-state index contributed by atoms with van der Waals surface area (Å²) >= 11 is 0. The molecule has 0 aromatic heterocycles. The van der Waals surface area contributed by atoms with Gasteiger partial charge >= 0.3 is 0 Å². The van der Waals surface area contributed by atoms with Crippen LogP contribution in [0.2, 0.25) is 0 Å². The van der Waals surface area contributed by atoms with Crippen LogP contribution in [0.25, 0.3) is 50.1 Å². The molecule has 0 saturated heterocycles. The first-order valence-electron chi connectivity index (χ1n) is 18.1. The SMILES string of the molecule is Cc1ccc(NC2(C)C=CC(c3ccccc3)=CC2)c(-c2cccc(-c3ccc(Nc4ccc(-c5ccccc5)cc4)c(-c4ccccc4)c3)c2)c1. The number of anilines is 3. The normalized spacial score (nSPS) is 15.2. The molecule has 0 amide bonds. The van der Waals surface area contributed by atoms with Gasteiger partial charge in [-0.2, -0.15) is 0 Å². The Labute approximate surface area is 307 Å². The molecule has 0 bridgehead atoms. The van der Waals surface area contributed by atoms with Crippen LogP contribution in [0.4, 0.5) is 17.1 Å². The molecule has 52 heavy (non-hydrogen) atoms. The van der Waals surface area contributed by atoms with E-state index in [1.807, 2.05) is 0 Å². The van der Waals surface area contributed by atoms with Gasteiger partial charge in [0, 0.05) is 28.2 Å². The molecule has 2 nitrogen and oxygen atoms in total. The van der Waals surface area contributed by atoms with Crippen molar-refractivity contribution in [3.05, 3.63) is 205 Å². The first-order valence-corrected chi connectivity index (χ1v) is 18.1. The van der Waals surface area contributed by atoms with Gasteiger partial charge in [-0.1, -0.05) is 157 Å². The number of benzene rings is 7. The third kappa shape index (κ3) is 7.24. The van der Waals surface area contributed by atoms with E-state index < -0.39 is 0 Å². The Bertz CT molecular complexity index is 2370. The first-order chi connectivity index (χ1) is 25.5. The monoisotopic (exact) mass is 670 g/mol. The molecule has 0 saturated carbocycles. The van der Waals surface area contributed by atoms with Gasteiger partial charge < -0.3 is 10.6 Å². The van der Waals surface area contributed by atoms with Gasteiger partial charge in [0.1, 0.15) is 0 Å². The quantitative estimate of drug-likeness (QED) is 0.160. The van der Waals surface area contributed by atoms with E-state index in [2.05, 4.69) is 219 Å². The summed E-state index contributed by atoms with van der Waals surface area (Å²) in [7, 11) is 0. The maximum absolute atomic E-state index is 3.92. The van der Waals surface area contributed by atoms with Crippen molar-refractivity contribution in [1.29, 1.82) is 0 Å². The summed E-state index contributed by atoms with van der Waals surface area (Å²) in [5.41, 5.74) is 16.3. The van der Waals surface area contributed by atoms with Gasteiger partial charge in [-0.05, 0) is 107 Å². The highest BCUT2D eigenvalue weighted by Crippen LogP contribution is 2.39. The Balaban J connectivity index is 1.09. The number of hydrogen-bond acceptors (Lipinski definition) is 2. The minimum Gasteiger partial charge on any atom is -0.376 e. The van der Waals surface area contributed by atoms with E-state index in [0.717, 1.165) is 29.0 Å². The van der Waals surface area contributed by atoms with Crippen molar-refractivity contribution in [3.63, 3.8) is 0 Å². The number of nitrogens with one attached hydrogen (secondary N) is 2. The molecule has 0 fully saturated rings. The maximum atomic E-state index is 3.92. The predicted octanol–water partition coefficient (Wildman–Crippen LogP) is 13.6. The third-order valence-electron chi connectivity index (χ3n) is 9.96. The lowest BCUT2D eigenvalue weighted by molar-refractivity contribution is 0.643. The molecule has 0 spiro atoms. The van der Waals surface area contributed by atoms with Crippen LogP contribution in [-0.2, 0) is 0 Å². The van der Waals surface area contributed by atoms with Crippen LogP contribution in [0.3, 0.4) is 0 Å². The van der Waals surface area contributed by atoms with Gasteiger partial charge in [0.15, 0.2) is 0 Å². The van der Waals surface area contributed by atoms with Gasteiger partial charge in [0.2, 0.25) is 0 Å². The van der Waals surface area contributed by atoms with E-state index in [1.54, 1.807) is 0 Å². The molecule has 2 N–H and O–H groups in total. The average Bonchev–Trinajstić information content (AvgIpc) is 3.20. The summed E-state index contributed by atoms with van der Waals surface area (Å²) < 4.78 is 0. The second-order valence-corrected chi connectivity index (χ2v) is 13.9. The Hall–Kier alpha value is -6.38. The fourth-order valence-corrected chi connectivity index (χ4v) is 7.07. The molecule has 7 aromatic rings. The molecular weight excluding hydrogens is 629 g/mol. The zero-order valence-corrected chi connectivity index (χ0v) is 29.7. The lowest BCUT2D eigenvalue weighted by Gasteiger charge is -2.32. The minimum atomic E-state index is -0.199. The molecule has 2 heteroatoms. The van der Waals surface area contributed by atoms with Gasteiger partial charge in [-0.3, -0.25) is 0 Å². The topological polar surface area (TPSA) is 24.1 Å². The summed E-state index contributed by atoms with van der Waals surface area (Å²) in [4.78, 5) is 0. The summed E-state index contributed by atoms with van der Waals surface area (Å²) in [6.07, 6.45) is 7.82. The molecular formula is C50H42N2. The van der Waals surface area contributed by atoms with Gasteiger partial charge in [0.25, 0.3) is 0 Å². The average molecular weight is 671 g/mol. The van der Waals surface area contributed by atoms with E-state index in [-0.39, 0.29) is 5.54 Å². The van der Waals surface area contributed by atoms with Crippen LogP contribution in [0.15, 0.2) is 194 Å². The van der Waals surface area contributed by atoms with Crippen molar-refractivity contribution in [1.82, 2.24) is 0 Å². The van der Waals surface area contributed by atoms with Crippen molar-refractivity contribution in [2.24, 2.45) is 0 Å². The Kier molecular flexibility index (Phi) is 9.12. The van der Waals surface area contributed by atoms with E-state index in [1.165, 1.54) is 55.6 Å². The standard InChI is InChI=1S/C50H42N2/c1-36-21-27-49(52-50(2)31-29-40(30-32-50)38-15-8-4-9-16-38)46(33-36)44-20-12-19-42(34-44)43-24-28-48(47(35-43)41-17-10-5-11-18-41)51-45-25-22-39(23-26-45)37-13-6-3-7-14-37/h3-31,33-35,51-52H,32H2,1-2H3. The molecule has 1 aliphatic carbocycles. The highest BCUT2D eigenvalue weighted by Gasteiger charge is 2.24. The van der Waals surface area contributed by atoms with Crippen LogP contribution in [-0.4, -0.2) is 5.54 Å². The number of rotatable bonds is 9. The van der Waals surface area contributed by atoms with Crippen molar-refractivity contribution in [3.8, 4) is 44.5 Å². The Morgan fingerprint density at radius 1 is 0.462 bits per heavy atom. The molecule has 1 aliphatic rings. The third-order valence-corrected chi connectivity index (χ3v) is 9.96. The van der Waals surface area contributed by atoms with E-state index >= 15 is 0 Å². The molecule has 0 heterocycles. The maximum Gasteiger partial charge on any atom is 0.0566 e. The molecule has 0 aliphatic heterocycles. The fraction of sp³-hybridized carbons (Fsp3) is 0.0800. The van der Waals surface area contributed by atoms with E-state index in [0.29, 0.717) is 0 Å². The number of aryl methyl sites for hydroxylation is 1. The molecule has 0 radical (unpaired) electrons. The lowest BCUT2D eigenvalue weighted by atomic mass is 9.87. The predicted molar refractivity (Wildman–Crippen MR) is 223 cm³/mol. The molecule has 8 rings (SSSR count). The molecule has 252 valence electrons. The zero-order valence-electron chi connectivity index (χ0n) is 29.7. The van der Waals surface area contributed by atoms with Crippen LogP contribution in [0.5, 0.6) is 0 Å². The summed E-state index contributed by atoms with van der Waals surface area (Å²) in [5, 5.41) is 7.63. The van der Waals surface area contributed by atoms with Crippen molar-refractivity contribution in [2.45, 2.75) is 25.8 Å². The summed E-state index contributed by atoms with van der Waals surface area (Å²) in [6.45, 7) is 4.45. The second kappa shape index (κ2) is 14.5. The van der Waals surface area contributed by atoms with E-state index in [4.69, 9.17) is 0 Å². The molecule has 1 atom stereocenters. The van der Waals surface area contributed by atoms with Gasteiger partial charge in [-0.15, -0.1) is 0 Å². The number of allylic oxidation sites excluding steroid dienone is 2. The highest BCUT2D eigenvalue weighted by molar-refractivity contribution is 5.88. The van der Waals surface area contributed by atoms with E-state index in [9.17, 15) is 0 Å². The molecule has 1 unspecified atom stereocenters.